The lowest BCUT2D eigenvalue weighted by Gasteiger charge is -2.19. The molecule has 0 aliphatic carbocycles. The van der Waals surface area contributed by atoms with Crippen molar-refractivity contribution in [2.24, 2.45) is 0 Å². The SMILES string of the molecule is CC(C)(C)c1ccc(NC(=O)CSc2nnnn2Cc2ccccc2)cc1. The quantitative estimate of drug-likeness (QED) is 0.658. The Balaban J connectivity index is 1.55. The van der Waals surface area contributed by atoms with Crippen molar-refractivity contribution in [3.05, 3.63) is 65.7 Å². The van der Waals surface area contributed by atoms with E-state index in [0.717, 1.165) is 11.3 Å². The van der Waals surface area contributed by atoms with Crippen molar-refractivity contribution >= 4 is 23.4 Å². The molecule has 2 aromatic carbocycles. The largest absolute Gasteiger partial charge is 0.325 e. The lowest BCUT2D eigenvalue weighted by Crippen LogP contribution is -2.15. The van der Waals surface area contributed by atoms with E-state index in [9.17, 15) is 4.79 Å². The third-order valence-electron chi connectivity index (χ3n) is 4.04. The molecule has 1 N–H and O–H groups in total. The number of benzene rings is 2. The van der Waals surface area contributed by atoms with Crippen molar-refractivity contribution in [1.29, 1.82) is 0 Å². The third-order valence-corrected chi connectivity index (χ3v) is 5.00. The highest BCUT2D eigenvalue weighted by molar-refractivity contribution is 7.99. The van der Waals surface area contributed by atoms with E-state index in [2.05, 4.69) is 41.6 Å². The molecule has 3 rings (SSSR count). The molecule has 0 saturated carbocycles. The second kappa shape index (κ2) is 8.35. The number of anilines is 1. The Labute approximate surface area is 163 Å². The van der Waals surface area contributed by atoms with E-state index in [0.29, 0.717) is 11.7 Å². The Morgan fingerprint density at radius 1 is 1.07 bits per heavy atom. The summed E-state index contributed by atoms with van der Waals surface area (Å²) < 4.78 is 1.70. The van der Waals surface area contributed by atoms with Crippen molar-refractivity contribution in [1.82, 2.24) is 20.2 Å². The van der Waals surface area contributed by atoms with E-state index in [1.807, 2.05) is 54.6 Å². The normalized spacial score (nSPS) is 11.4. The highest BCUT2D eigenvalue weighted by Gasteiger charge is 2.14. The van der Waals surface area contributed by atoms with Crippen LogP contribution in [-0.4, -0.2) is 31.9 Å². The van der Waals surface area contributed by atoms with Gasteiger partial charge in [-0.3, -0.25) is 4.79 Å². The van der Waals surface area contributed by atoms with Crippen molar-refractivity contribution in [2.75, 3.05) is 11.1 Å². The van der Waals surface area contributed by atoms with E-state index in [-0.39, 0.29) is 17.1 Å². The smallest absolute Gasteiger partial charge is 0.234 e. The van der Waals surface area contributed by atoms with Gasteiger partial charge >= 0.3 is 0 Å². The van der Waals surface area contributed by atoms with Crippen LogP contribution in [0.2, 0.25) is 0 Å². The van der Waals surface area contributed by atoms with Gasteiger partial charge in [0.05, 0.1) is 12.3 Å². The first-order valence-corrected chi connectivity index (χ1v) is 9.74. The molecule has 140 valence electrons. The van der Waals surface area contributed by atoms with Crippen molar-refractivity contribution in [3.8, 4) is 0 Å². The van der Waals surface area contributed by atoms with Crippen LogP contribution in [0.4, 0.5) is 5.69 Å². The highest BCUT2D eigenvalue weighted by Crippen LogP contribution is 2.23. The Hall–Kier alpha value is -2.67. The molecule has 0 fully saturated rings. The number of carbonyl (C=O) groups is 1. The van der Waals surface area contributed by atoms with Gasteiger partial charge in [-0.2, -0.15) is 0 Å². The Morgan fingerprint density at radius 3 is 2.44 bits per heavy atom. The van der Waals surface area contributed by atoms with Gasteiger partial charge in [-0.05, 0) is 39.1 Å². The van der Waals surface area contributed by atoms with E-state index in [1.165, 1.54) is 17.3 Å². The van der Waals surface area contributed by atoms with Gasteiger partial charge in [0.1, 0.15) is 0 Å². The molecule has 0 aliphatic rings. The number of tetrazole rings is 1. The van der Waals surface area contributed by atoms with Gasteiger partial charge in [-0.15, -0.1) is 5.10 Å². The Morgan fingerprint density at radius 2 is 1.78 bits per heavy atom. The fraction of sp³-hybridized carbons (Fsp3) is 0.300. The minimum absolute atomic E-state index is 0.0854. The number of carbonyl (C=O) groups excluding carboxylic acids is 1. The minimum atomic E-state index is -0.0854. The van der Waals surface area contributed by atoms with Crippen LogP contribution in [0.1, 0.15) is 31.9 Å². The van der Waals surface area contributed by atoms with Gasteiger partial charge in [0.25, 0.3) is 0 Å². The number of aromatic nitrogens is 4. The molecule has 6 nitrogen and oxygen atoms in total. The van der Waals surface area contributed by atoms with Crippen molar-refractivity contribution < 1.29 is 4.79 Å². The zero-order valence-corrected chi connectivity index (χ0v) is 16.5. The maximum Gasteiger partial charge on any atom is 0.234 e. The van der Waals surface area contributed by atoms with Crippen LogP contribution >= 0.6 is 11.8 Å². The summed E-state index contributed by atoms with van der Waals surface area (Å²) in [5.41, 5.74) is 3.22. The van der Waals surface area contributed by atoms with Crippen LogP contribution in [0.15, 0.2) is 59.8 Å². The molecular weight excluding hydrogens is 358 g/mol. The van der Waals surface area contributed by atoms with Crippen LogP contribution in [-0.2, 0) is 16.8 Å². The summed E-state index contributed by atoms with van der Waals surface area (Å²) in [6.45, 7) is 7.07. The maximum atomic E-state index is 12.2. The van der Waals surface area contributed by atoms with Crippen LogP contribution < -0.4 is 5.32 Å². The standard InChI is InChI=1S/C20H23N5OS/c1-20(2,3)16-9-11-17(12-10-16)21-18(26)14-27-19-22-23-24-25(19)13-15-7-5-4-6-8-15/h4-12H,13-14H2,1-3H3,(H,21,26). The van der Waals surface area contributed by atoms with E-state index >= 15 is 0 Å². The number of rotatable bonds is 6. The first-order valence-electron chi connectivity index (χ1n) is 8.75. The van der Waals surface area contributed by atoms with Gasteiger partial charge in [0, 0.05) is 5.69 Å². The minimum Gasteiger partial charge on any atom is -0.325 e. The number of nitrogens with one attached hydrogen (secondary N) is 1. The molecule has 1 heterocycles. The predicted octanol–water partition coefficient (Wildman–Crippen LogP) is 3.75. The first-order chi connectivity index (χ1) is 12.9. The van der Waals surface area contributed by atoms with Crippen molar-refractivity contribution in [3.63, 3.8) is 0 Å². The summed E-state index contributed by atoms with van der Waals surface area (Å²) in [4.78, 5) is 12.2. The molecule has 27 heavy (non-hydrogen) atoms. The molecule has 0 radical (unpaired) electrons. The molecule has 1 aromatic heterocycles. The number of nitrogens with zero attached hydrogens (tertiary/aromatic N) is 4. The van der Waals surface area contributed by atoms with E-state index in [1.54, 1.807) is 4.68 Å². The molecule has 0 aliphatic heterocycles. The Kier molecular flexibility index (Phi) is 5.91. The zero-order valence-electron chi connectivity index (χ0n) is 15.7. The van der Waals surface area contributed by atoms with Crippen LogP contribution in [0.5, 0.6) is 0 Å². The fourth-order valence-corrected chi connectivity index (χ4v) is 3.21. The molecule has 0 saturated heterocycles. The maximum absolute atomic E-state index is 12.2. The molecule has 3 aromatic rings. The lowest BCUT2D eigenvalue weighted by molar-refractivity contribution is -0.113. The van der Waals surface area contributed by atoms with Crippen LogP contribution in [0.25, 0.3) is 0 Å². The fourth-order valence-electron chi connectivity index (χ4n) is 2.54. The Bertz CT molecular complexity index is 885. The van der Waals surface area contributed by atoms with Gasteiger partial charge in [-0.1, -0.05) is 75.0 Å². The summed E-state index contributed by atoms with van der Waals surface area (Å²) in [5, 5.41) is 15.3. The van der Waals surface area contributed by atoms with E-state index in [4.69, 9.17) is 0 Å². The summed E-state index contributed by atoms with van der Waals surface area (Å²) in [5.74, 6) is 0.161. The van der Waals surface area contributed by atoms with Crippen LogP contribution in [0.3, 0.4) is 0 Å². The summed E-state index contributed by atoms with van der Waals surface area (Å²) in [6.07, 6.45) is 0. The second-order valence-corrected chi connectivity index (χ2v) is 8.21. The second-order valence-electron chi connectivity index (χ2n) is 7.27. The van der Waals surface area contributed by atoms with Crippen LogP contribution in [0, 0.1) is 0 Å². The summed E-state index contributed by atoms with van der Waals surface area (Å²) in [6, 6.07) is 17.9. The number of hydrogen-bond donors (Lipinski definition) is 1. The van der Waals surface area contributed by atoms with Gasteiger partial charge in [-0.25, -0.2) is 4.68 Å². The zero-order chi connectivity index (χ0) is 19.3. The topological polar surface area (TPSA) is 72.7 Å². The molecular formula is C20H23N5OS. The lowest BCUT2D eigenvalue weighted by atomic mass is 9.87. The molecule has 1 amide bonds. The summed E-state index contributed by atoms with van der Waals surface area (Å²) in [7, 11) is 0. The average molecular weight is 382 g/mol. The number of thioether (sulfide) groups is 1. The molecule has 0 spiro atoms. The molecule has 0 unspecified atom stereocenters. The number of amides is 1. The molecule has 0 bridgehead atoms. The summed E-state index contributed by atoms with van der Waals surface area (Å²) >= 11 is 1.32. The predicted molar refractivity (Wildman–Crippen MR) is 108 cm³/mol. The van der Waals surface area contributed by atoms with Gasteiger partial charge in [0.15, 0.2) is 0 Å². The molecule has 0 atom stereocenters. The highest BCUT2D eigenvalue weighted by atomic mass is 32.2. The van der Waals surface area contributed by atoms with Gasteiger partial charge in [0.2, 0.25) is 11.1 Å². The first kappa shape index (κ1) is 19.1. The van der Waals surface area contributed by atoms with Crippen molar-refractivity contribution in [2.45, 2.75) is 37.9 Å². The molecule has 7 heteroatoms. The monoisotopic (exact) mass is 381 g/mol. The van der Waals surface area contributed by atoms with Gasteiger partial charge < -0.3 is 5.32 Å². The van der Waals surface area contributed by atoms with E-state index < -0.39 is 0 Å². The average Bonchev–Trinajstić information content (AvgIpc) is 3.07. The third kappa shape index (κ3) is 5.40. The number of hydrogen-bond acceptors (Lipinski definition) is 5.